The molecule has 2 nitrogen and oxygen atoms in total. The molecule has 0 amide bonds. The summed E-state index contributed by atoms with van der Waals surface area (Å²) in [5, 5.41) is 8.69. The first-order valence-corrected chi connectivity index (χ1v) is 3.76. The van der Waals surface area contributed by atoms with E-state index in [1.807, 2.05) is 20.0 Å². The van der Waals surface area contributed by atoms with E-state index in [0.717, 1.165) is 17.7 Å². The lowest BCUT2D eigenvalue weighted by Gasteiger charge is -2.00. The predicted octanol–water partition coefficient (Wildman–Crippen LogP) is 1.77. The maximum absolute atomic E-state index is 8.69. The topological polar surface area (TPSA) is 28.7 Å². The van der Waals surface area contributed by atoms with Crippen LogP contribution in [0.2, 0.25) is 0 Å². The van der Waals surface area contributed by atoms with Crippen LogP contribution in [0.3, 0.4) is 0 Å². The summed E-state index contributed by atoms with van der Waals surface area (Å²) >= 11 is 0. The van der Waals surface area contributed by atoms with Crippen molar-refractivity contribution in [1.29, 1.82) is 5.26 Å². The monoisotopic (exact) mass is 148 g/mol. The van der Waals surface area contributed by atoms with Crippen LogP contribution < -0.4 is 0 Å². The number of nitrogens with zero attached hydrogens (tertiary/aromatic N) is 2. The van der Waals surface area contributed by atoms with Gasteiger partial charge in [-0.05, 0) is 19.4 Å². The van der Waals surface area contributed by atoms with Crippen LogP contribution >= 0.6 is 0 Å². The first-order valence-electron chi connectivity index (χ1n) is 3.76. The first kappa shape index (κ1) is 7.87. The number of aryl methyl sites for hydroxylation is 1. The van der Waals surface area contributed by atoms with Crippen LogP contribution in [0.15, 0.2) is 6.07 Å². The van der Waals surface area contributed by atoms with Crippen molar-refractivity contribution >= 4 is 0 Å². The fourth-order valence-corrected chi connectivity index (χ4v) is 1.22. The fraction of sp³-hybridized carbons (Fsp3) is 0.444. The molecule has 11 heavy (non-hydrogen) atoms. The van der Waals surface area contributed by atoms with Crippen LogP contribution in [0.1, 0.15) is 23.9 Å². The fourth-order valence-electron chi connectivity index (χ4n) is 1.22. The van der Waals surface area contributed by atoms with E-state index in [-0.39, 0.29) is 0 Å². The van der Waals surface area contributed by atoms with Crippen molar-refractivity contribution in [3.63, 3.8) is 0 Å². The molecule has 1 aromatic rings. The number of hydrogen-bond donors (Lipinski definition) is 0. The molecule has 0 aliphatic heterocycles. The van der Waals surface area contributed by atoms with Gasteiger partial charge in [0.2, 0.25) is 0 Å². The Labute approximate surface area is 67.1 Å². The van der Waals surface area contributed by atoms with Gasteiger partial charge < -0.3 is 4.57 Å². The van der Waals surface area contributed by atoms with Gasteiger partial charge in [-0.1, -0.05) is 6.92 Å². The Morgan fingerprint density at radius 1 is 1.64 bits per heavy atom. The van der Waals surface area contributed by atoms with Crippen LogP contribution in [0, 0.1) is 18.3 Å². The third-order valence-electron chi connectivity index (χ3n) is 2.12. The summed E-state index contributed by atoms with van der Waals surface area (Å²) in [6.45, 7) is 4.06. The zero-order valence-electron chi connectivity index (χ0n) is 7.18. The van der Waals surface area contributed by atoms with Crippen molar-refractivity contribution in [1.82, 2.24) is 4.57 Å². The second kappa shape index (κ2) is 2.79. The predicted molar refractivity (Wildman–Crippen MR) is 44.2 cm³/mol. The molecule has 0 atom stereocenters. The van der Waals surface area contributed by atoms with E-state index in [4.69, 9.17) is 5.26 Å². The highest BCUT2D eigenvalue weighted by molar-refractivity contribution is 5.37. The second-order valence-corrected chi connectivity index (χ2v) is 2.66. The quantitative estimate of drug-likeness (QED) is 0.596. The number of aromatic nitrogens is 1. The lowest BCUT2D eigenvalue weighted by atomic mass is 10.2. The zero-order valence-corrected chi connectivity index (χ0v) is 7.18. The SMILES string of the molecule is CCc1cc(C#N)c(C)n1C. The Hall–Kier alpha value is -1.23. The van der Waals surface area contributed by atoms with Gasteiger partial charge in [0.15, 0.2) is 0 Å². The average molecular weight is 148 g/mol. The molecule has 1 aromatic heterocycles. The normalized spacial score (nSPS) is 9.64. The standard InChI is InChI=1S/C9H12N2/c1-4-9-5-8(6-10)7(2)11(9)3/h5H,4H2,1-3H3. The van der Waals surface area contributed by atoms with Crippen molar-refractivity contribution < 1.29 is 0 Å². The molecule has 1 rings (SSSR count). The number of hydrogen-bond acceptors (Lipinski definition) is 1. The first-order chi connectivity index (χ1) is 5.20. The van der Waals surface area contributed by atoms with Crippen LogP contribution in [-0.2, 0) is 13.5 Å². The molecule has 0 aliphatic carbocycles. The second-order valence-electron chi connectivity index (χ2n) is 2.66. The van der Waals surface area contributed by atoms with E-state index in [9.17, 15) is 0 Å². The highest BCUT2D eigenvalue weighted by Gasteiger charge is 2.05. The molecule has 0 fully saturated rings. The Morgan fingerprint density at radius 2 is 2.27 bits per heavy atom. The summed E-state index contributed by atoms with van der Waals surface area (Å²) in [5.74, 6) is 0. The van der Waals surface area contributed by atoms with E-state index in [1.165, 1.54) is 5.69 Å². The lowest BCUT2D eigenvalue weighted by Crippen LogP contribution is -1.95. The van der Waals surface area contributed by atoms with E-state index in [2.05, 4.69) is 17.6 Å². The summed E-state index contributed by atoms with van der Waals surface area (Å²) in [4.78, 5) is 0. The van der Waals surface area contributed by atoms with E-state index >= 15 is 0 Å². The van der Waals surface area contributed by atoms with Crippen LogP contribution in [0.4, 0.5) is 0 Å². The lowest BCUT2D eigenvalue weighted by molar-refractivity contribution is 0.807. The molecule has 0 radical (unpaired) electrons. The highest BCUT2D eigenvalue weighted by Crippen LogP contribution is 2.12. The van der Waals surface area contributed by atoms with E-state index in [0.29, 0.717) is 0 Å². The molecule has 0 aliphatic rings. The summed E-state index contributed by atoms with van der Waals surface area (Å²) < 4.78 is 2.07. The Kier molecular flexibility index (Phi) is 2.00. The minimum Gasteiger partial charge on any atom is -0.351 e. The maximum atomic E-state index is 8.69. The summed E-state index contributed by atoms with van der Waals surface area (Å²) in [7, 11) is 2.00. The third kappa shape index (κ3) is 1.14. The van der Waals surface area contributed by atoms with Crippen molar-refractivity contribution in [2.45, 2.75) is 20.3 Å². The molecule has 0 unspecified atom stereocenters. The summed E-state index contributed by atoms with van der Waals surface area (Å²) in [5.41, 5.74) is 3.08. The molecule has 0 bridgehead atoms. The van der Waals surface area contributed by atoms with Gasteiger partial charge in [-0.15, -0.1) is 0 Å². The molecule has 0 aromatic carbocycles. The summed E-state index contributed by atoms with van der Waals surface area (Å²) in [6, 6.07) is 4.12. The van der Waals surface area contributed by atoms with Crippen molar-refractivity contribution in [2.75, 3.05) is 0 Å². The molecule has 0 N–H and O–H groups in total. The van der Waals surface area contributed by atoms with E-state index < -0.39 is 0 Å². The van der Waals surface area contributed by atoms with Gasteiger partial charge in [-0.3, -0.25) is 0 Å². The third-order valence-corrected chi connectivity index (χ3v) is 2.12. The van der Waals surface area contributed by atoms with Gasteiger partial charge in [0.05, 0.1) is 5.56 Å². The minimum absolute atomic E-state index is 0.796. The van der Waals surface area contributed by atoms with Crippen LogP contribution in [-0.4, -0.2) is 4.57 Å². The van der Waals surface area contributed by atoms with E-state index in [1.54, 1.807) is 0 Å². The van der Waals surface area contributed by atoms with Crippen molar-refractivity contribution in [3.8, 4) is 6.07 Å². The maximum Gasteiger partial charge on any atom is 0.101 e. The molecular formula is C9H12N2. The van der Waals surface area contributed by atoms with Gasteiger partial charge in [-0.25, -0.2) is 0 Å². The molecule has 0 saturated carbocycles. The average Bonchev–Trinajstić information content (AvgIpc) is 2.30. The number of nitriles is 1. The molecule has 0 saturated heterocycles. The van der Waals surface area contributed by atoms with Gasteiger partial charge in [-0.2, -0.15) is 5.26 Å². The molecule has 1 heterocycles. The smallest absolute Gasteiger partial charge is 0.101 e. The van der Waals surface area contributed by atoms with Gasteiger partial charge in [0, 0.05) is 18.4 Å². The Balaban J connectivity index is 3.26. The molecule has 0 spiro atoms. The van der Waals surface area contributed by atoms with Crippen molar-refractivity contribution in [2.24, 2.45) is 7.05 Å². The highest BCUT2D eigenvalue weighted by atomic mass is 14.9. The van der Waals surface area contributed by atoms with Crippen molar-refractivity contribution in [3.05, 3.63) is 23.0 Å². The molecule has 2 heteroatoms. The van der Waals surface area contributed by atoms with Gasteiger partial charge >= 0.3 is 0 Å². The van der Waals surface area contributed by atoms with Crippen LogP contribution in [0.25, 0.3) is 0 Å². The van der Waals surface area contributed by atoms with Gasteiger partial charge in [0.25, 0.3) is 0 Å². The zero-order chi connectivity index (χ0) is 8.43. The van der Waals surface area contributed by atoms with Gasteiger partial charge in [0.1, 0.15) is 6.07 Å². The largest absolute Gasteiger partial charge is 0.351 e. The molecule has 58 valence electrons. The Morgan fingerprint density at radius 3 is 2.55 bits per heavy atom. The minimum atomic E-state index is 0.796. The van der Waals surface area contributed by atoms with Crippen LogP contribution in [0.5, 0.6) is 0 Å². The number of rotatable bonds is 1. The summed E-state index contributed by atoms with van der Waals surface area (Å²) in [6.07, 6.45) is 0.985. The Bertz CT molecular complexity index is 302. The molecular weight excluding hydrogens is 136 g/mol.